The Morgan fingerprint density at radius 1 is 0.733 bits per heavy atom. The fourth-order valence-electron chi connectivity index (χ4n) is 2.99. The van der Waals surface area contributed by atoms with E-state index in [1.54, 1.807) is 0 Å². The van der Waals surface area contributed by atoms with Crippen molar-refractivity contribution in [3.05, 3.63) is 4.13 Å². The second kappa shape index (κ2) is 11.9. The van der Waals surface area contributed by atoms with Crippen LogP contribution in [0, 0.1) is 0 Å². The van der Waals surface area contributed by atoms with Gasteiger partial charge in [-0.2, -0.15) is 26.3 Å². The zero-order valence-electron chi connectivity index (χ0n) is 17.1. The Balaban J connectivity index is 0.000000561. The lowest BCUT2D eigenvalue weighted by Crippen LogP contribution is -2.41. The van der Waals surface area contributed by atoms with Crippen LogP contribution in [0.25, 0.3) is 4.13 Å². The van der Waals surface area contributed by atoms with Crippen LogP contribution in [-0.2, 0) is 20.0 Å². The molecule has 0 bridgehead atoms. The van der Waals surface area contributed by atoms with Gasteiger partial charge in [0.1, 0.15) is 0 Å². The lowest BCUT2D eigenvalue weighted by molar-refractivity contribution is -0.897. The van der Waals surface area contributed by atoms with Crippen LogP contribution in [0.3, 0.4) is 0 Å². The molecule has 1 saturated heterocycles. The molecule has 0 aromatic carbocycles. The maximum Gasteiger partial charge on any atom is 0.480 e. The Bertz CT molecular complexity index is 658. The molecule has 0 aromatic rings. The first-order valence-electron chi connectivity index (χ1n) is 9.68. The highest BCUT2D eigenvalue weighted by Gasteiger charge is 2.46. The Hall–Kier alpha value is -0.600. The second-order valence-electron chi connectivity index (χ2n) is 7.53. The number of sulfonamides is 2. The van der Waals surface area contributed by atoms with E-state index < -0.39 is 31.1 Å². The molecule has 1 aliphatic rings. The number of likely N-dealkylation sites (tertiary alicyclic amines) is 1. The number of nitrogens with zero attached hydrogens (tertiary/aromatic N) is 2. The van der Waals surface area contributed by atoms with Crippen molar-refractivity contribution in [2.45, 2.75) is 75.7 Å². The van der Waals surface area contributed by atoms with Gasteiger partial charge in [0.2, 0.25) is 0 Å². The number of rotatable bonds is 10. The lowest BCUT2D eigenvalue weighted by Gasteiger charge is -2.29. The number of hydrogen-bond donors (Lipinski definition) is 0. The van der Waals surface area contributed by atoms with Crippen molar-refractivity contribution in [2.24, 2.45) is 0 Å². The first-order valence-corrected chi connectivity index (χ1v) is 12.6. The summed E-state index contributed by atoms with van der Waals surface area (Å²) in [5.74, 6) is 0. The summed E-state index contributed by atoms with van der Waals surface area (Å²) in [6, 6.07) is 0. The summed E-state index contributed by atoms with van der Waals surface area (Å²) in [5.41, 5.74) is -12.4. The summed E-state index contributed by atoms with van der Waals surface area (Å²) in [6.07, 6.45) is 13.1. The van der Waals surface area contributed by atoms with Gasteiger partial charge in [0.25, 0.3) is 0 Å². The molecular weight excluding hydrogens is 462 g/mol. The first-order chi connectivity index (χ1) is 13.5. The quantitative estimate of drug-likeness (QED) is 0.243. The van der Waals surface area contributed by atoms with Crippen molar-refractivity contribution in [1.29, 1.82) is 0 Å². The molecule has 0 spiro atoms. The third-order valence-electron chi connectivity index (χ3n) is 4.73. The normalized spacial score (nSPS) is 17.5. The van der Waals surface area contributed by atoms with Crippen LogP contribution in [0.5, 0.6) is 0 Å². The third kappa shape index (κ3) is 10.6. The molecule has 0 radical (unpaired) electrons. The van der Waals surface area contributed by atoms with E-state index in [-0.39, 0.29) is 0 Å². The number of alkyl halides is 6. The van der Waals surface area contributed by atoms with Gasteiger partial charge in [-0.15, -0.1) is 0 Å². The van der Waals surface area contributed by atoms with E-state index in [9.17, 15) is 43.2 Å². The van der Waals surface area contributed by atoms with Gasteiger partial charge in [-0.1, -0.05) is 39.0 Å². The Labute approximate surface area is 174 Å². The molecule has 14 heteroatoms. The van der Waals surface area contributed by atoms with E-state index in [4.69, 9.17) is 0 Å². The van der Waals surface area contributed by atoms with Crippen LogP contribution in [0.1, 0.15) is 64.7 Å². The van der Waals surface area contributed by atoms with Crippen molar-refractivity contribution in [3.8, 4) is 0 Å². The summed E-state index contributed by atoms with van der Waals surface area (Å²) < 4.78 is 111. The van der Waals surface area contributed by atoms with E-state index in [1.165, 1.54) is 81.9 Å². The number of hydrogen-bond acceptors (Lipinski definition) is 4. The molecule has 1 fully saturated rings. The minimum Gasteiger partial charge on any atom is -0.421 e. The molecule has 0 aromatic heterocycles. The van der Waals surface area contributed by atoms with Crippen LogP contribution < -0.4 is 0 Å². The molecule has 0 N–H and O–H groups in total. The SMILES string of the molecule is CCCCCCCCC[N+]1(C)CCCC1.O=S(=O)([N-]S(=O)(=O)C(F)(F)F)C(F)(F)F. The molecule has 1 rings (SSSR count). The fourth-order valence-corrected chi connectivity index (χ4v) is 4.70. The maximum absolute atomic E-state index is 11.4. The molecule has 0 unspecified atom stereocenters. The summed E-state index contributed by atoms with van der Waals surface area (Å²) in [6.45, 7) is 6.61. The highest BCUT2D eigenvalue weighted by molar-refractivity contribution is 8.13. The summed E-state index contributed by atoms with van der Waals surface area (Å²) in [7, 11) is -11.0. The predicted octanol–water partition coefficient (Wildman–Crippen LogP) is 5.04. The third-order valence-corrected chi connectivity index (χ3v) is 7.47. The van der Waals surface area contributed by atoms with Crippen molar-refractivity contribution in [2.75, 3.05) is 26.7 Å². The minimum atomic E-state index is -6.72. The van der Waals surface area contributed by atoms with Gasteiger partial charge < -0.3 is 8.61 Å². The average molecular weight is 493 g/mol. The first kappa shape index (κ1) is 29.4. The topological polar surface area (TPSA) is 82.4 Å². The molecule has 6 nitrogen and oxygen atoms in total. The predicted molar refractivity (Wildman–Crippen MR) is 101 cm³/mol. The number of halogens is 6. The van der Waals surface area contributed by atoms with Gasteiger partial charge in [0.15, 0.2) is 20.0 Å². The van der Waals surface area contributed by atoms with Gasteiger partial charge in [-0.25, -0.2) is 16.8 Å². The van der Waals surface area contributed by atoms with E-state index in [0.717, 1.165) is 4.13 Å². The number of quaternary nitrogens is 1. The summed E-state index contributed by atoms with van der Waals surface area (Å²) >= 11 is 0. The molecular formula is C16H30F6N2O4S2. The second-order valence-corrected chi connectivity index (χ2v) is 11.0. The Morgan fingerprint density at radius 3 is 1.47 bits per heavy atom. The smallest absolute Gasteiger partial charge is 0.421 e. The Kier molecular flexibility index (Phi) is 11.6. The summed E-state index contributed by atoms with van der Waals surface area (Å²) in [5, 5.41) is 0. The van der Waals surface area contributed by atoms with Gasteiger partial charge in [0, 0.05) is 12.8 Å². The Morgan fingerprint density at radius 2 is 1.10 bits per heavy atom. The summed E-state index contributed by atoms with van der Waals surface area (Å²) in [4.78, 5) is 0. The fraction of sp³-hybridized carbons (Fsp3) is 1.00. The zero-order valence-corrected chi connectivity index (χ0v) is 18.7. The minimum absolute atomic E-state index is 0.778. The van der Waals surface area contributed by atoms with Crippen LogP contribution >= 0.6 is 0 Å². The molecule has 0 amide bonds. The molecule has 30 heavy (non-hydrogen) atoms. The van der Waals surface area contributed by atoms with Crippen LogP contribution in [0.2, 0.25) is 0 Å². The highest BCUT2D eigenvalue weighted by atomic mass is 32.3. The standard InChI is InChI=1S/C14H30N.C2F6NO4S2/c1-3-4-5-6-7-8-9-12-15(2)13-10-11-14-15;3-1(4,5)14(10,11)9-15(12,13)2(6,7)8/h3-14H2,1-2H3;/q+1;-1. The molecule has 1 aliphatic heterocycles. The zero-order chi connectivity index (χ0) is 23.7. The van der Waals surface area contributed by atoms with Gasteiger partial charge in [-0.05, 0) is 12.8 Å². The van der Waals surface area contributed by atoms with Crippen molar-refractivity contribution >= 4 is 20.0 Å². The van der Waals surface area contributed by atoms with E-state index in [1.807, 2.05) is 0 Å². The molecule has 182 valence electrons. The van der Waals surface area contributed by atoms with E-state index in [0.29, 0.717) is 0 Å². The monoisotopic (exact) mass is 492 g/mol. The van der Waals surface area contributed by atoms with Crippen LogP contribution in [0.4, 0.5) is 26.3 Å². The van der Waals surface area contributed by atoms with Crippen LogP contribution in [-0.4, -0.2) is 59.0 Å². The molecule has 1 heterocycles. The molecule has 0 atom stereocenters. The van der Waals surface area contributed by atoms with Crippen molar-refractivity contribution < 1.29 is 47.7 Å². The lowest BCUT2D eigenvalue weighted by atomic mass is 10.1. The van der Waals surface area contributed by atoms with Crippen LogP contribution in [0.15, 0.2) is 0 Å². The maximum atomic E-state index is 11.4. The van der Waals surface area contributed by atoms with Gasteiger partial charge >= 0.3 is 11.0 Å². The van der Waals surface area contributed by atoms with E-state index >= 15 is 0 Å². The number of unbranched alkanes of at least 4 members (excludes halogenated alkanes) is 6. The highest BCUT2D eigenvalue weighted by Crippen LogP contribution is 2.36. The molecule has 0 saturated carbocycles. The largest absolute Gasteiger partial charge is 0.480 e. The average Bonchev–Trinajstić information content (AvgIpc) is 2.98. The van der Waals surface area contributed by atoms with Gasteiger partial charge in [-0.3, -0.25) is 0 Å². The molecule has 0 aliphatic carbocycles. The van der Waals surface area contributed by atoms with Gasteiger partial charge in [0.05, 0.1) is 26.7 Å². The van der Waals surface area contributed by atoms with Crippen molar-refractivity contribution in [1.82, 2.24) is 0 Å². The van der Waals surface area contributed by atoms with E-state index in [2.05, 4.69) is 14.0 Å². The van der Waals surface area contributed by atoms with Crippen molar-refractivity contribution in [3.63, 3.8) is 0 Å².